The van der Waals surface area contributed by atoms with Gasteiger partial charge in [0.1, 0.15) is 12.4 Å². The summed E-state index contributed by atoms with van der Waals surface area (Å²) in [4.78, 5) is 0. The molecule has 0 aliphatic rings. The zero-order chi connectivity index (χ0) is 16.9. The van der Waals surface area contributed by atoms with Crippen molar-refractivity contribution in [3.63, 3.8) is 0 Å². The minimum absolute atomic E-state index is 0.604. The second kappa shape index (κ2) is 12.6. The topological polar surface area (TPSA) is 8.81 Å². The third-order valence-corrected chi connectivity index (χ3v) is 4.89. The molecule has 1 aromatic rings. The molecule has 0 fully saturated rings. The minimum atomic E-state index is 0.604. The quantitative estimate of drug-likeness (QED) is 0.287. The summed E-state index contributed by atoms with van der Waals surface area (Å²) in [5.41, 5.74) is 0. The Kier molecular flexibility index (Phi) is 11.1. The van der Waals surface area contributed by atoms with Crippen LogP contribution in [-0.4, -0.2) is 4.57 Å². The van der Waals surface area contributed by atoms with Gasteiger partial charge in [0.2, 0.25) is 0 Å². The van der Waals surface area contributed by atoms with Crippen molar-refractivity contribution < 1.29 is 4.57 Å². The molecular formula is C21H41N2+. The van der Waals surface area contributed by atoms with Crippen molar-refractivity contribution in [3.8, 4) is 0 Å². The summed E-state index contributed by atoms with van der Waals surface area (Å²) in [6.07, 6.45) is 21.5. The number of aryl methyl sites for hydroxylation is 2. The Hall–Kier alpha value is -0.790. The average molecular weight is 322 g/mol. The van der Waals surface area contributed by atoms with Crippen LogP contribution in [0, 0.1) is 0 Å². The van der Waals surface area contributed by atoms with Gasteiger partial charge in [0.05, 0.1) is 19.5 Å². The zero-order valence-corrected chi connectivity index (χ0v) is 16.3. The Labute approximate surface area is 145 Å². The minimum Gasteiger partial charge on any atom is -0.237 e. The summed E-state index contributed by atoms with van der Waals surface area (Å²) in [7, 11) is 2.16. The predicted molar refractivity (Wildman–Crippen MR) is 101 cm³/mol. The predicted octanol–water partition coefficient (Wildman–Crippen LogP) is 6.14. The van der Waals surface area contributed by atoms with Crippen molar-refractivity contribution in [2.75, 3.05) is 0 Å². The highest BCUT2D eigenvalue weighted by Crippen LogP contribution is 2.14. The molecule has 0 aromatic carbocycles. The van der Waals surface area contributed by atoms with E-state index in [1.165, 1.54) is 89.4 Å². The molecule has 0 amide bonds. The lowest BCUT2D eigenvalue weighted by Crippen LogP contribution is -2.33. The van der Waals surface area contributed by atoms with E-state index in [0.29, 0.717) is 5.92 Å². The van der Waals surface area contributed by atoms with E-state index in [1.807, 2.05) is 0 Å². The molecule has 23 heavy (non-hydrogen) atoms. The van der Waals surface area contributed by atoms with Crippen LogP contribution in [0.5, 0.6) is 0 Å². The summed E-state index contributed by atoms with van der Waals surface area (Å²) >= 11 is 0. The molecular weight excluding hydrogens is 280 g/mol. The number of hydrogen-bond acceptors (Lipinski definition) is 0. The van der Waals surface area contributed by atoms with Gasteiger partial charge in [-0.3, -0.25) is 0 Å². The standard InChI is InChI=1S/C21H41N2/c1-5-6-7-8-9-10-11-12-13-14-15-16-17-23-19-18-22(4)21(23)20(2)3/h18-20H,5-17H2,1-4H3/q+1. The van der Waals surface area contributed by atoms with E-state index in [4.69, 9.17) is 0 Å². The first-order chi connectivity index (χ1) is 11.2. The van der Waals surface area contributed by atoms with E-state index in [2.05, 4.69) is 49.3 Å². The fourth-order valence-corrected chi connectivity index (χ4v) is 3.59. The van der Waals surface area contributed by atoms with Crippen molar-refractivity contribution in [1.82, 2.24) is 4.57 Å². The summed E-state index contributed by atoms with van der Waals surface area (Å²) in [6.45, 7) is 8.05. The van der Waals surface area contributed by atoms with Crippen molar-refractivity contribution in [2.45, 2.75) is 110 Å². The molecule has 0 bridgehead atoms. The number of rotatable bonds is 14. The monoisotopic (exact) mass is 321 g/mol. The van der Waals surface area contributed by atoms with Crippen LogP contribution in [0.4, 0.5) is 0 Å². The molecule has 2 nitrogen and oxygen atoms in total. The Morgan fingerprint density at radius 1 is 0.826 bits per heavy atom. The molecule has 0 saturated carbocycles. The van der Waals surface area contributed by atoms with Crippen LogP contribution in [-0.2, 0) is 13.6 Å². The number of aromatic nitrogens is 2. The zero-order valence-electron chi connectivity index (χ0n) is 16.3. The molecule has 0 spiro atoms. The third-order valence-electron chi connectivity index (χ3n) is 4.89. The SMILES string of the molecule is CCCCCCCCCCCCCCn1cc[n+](C)c1C(C)C. The first-order valence-corrected chi connectivity index (χ1v) is 10.2. The largest absolute Gasteiger partial charge is 0.258 e. The number of imidazole rings is 1. The van der Waals surface area contributed by atoms with Gasteiger partial charge in [0.25, 0.3) is 5.82 Å². The van der Waals surface area contributed by atoms with Crippen molar-refractivity contribution in [2.24, 2.45) is 7.05 Å². The second-order valence-corrected chi connectivity index (χ2v) is 7.50. The van der Waals surface area contributed by atoms with Gasteiger partial charge in [-0.25, -0.2) is 9.13 Å². The maximum Gasteiger partial charge on any atom is 0.258 e. The molecule has 2 heteroatoms. The fourth-order valence-electron chi connectivity index (χ4n) is 3.59. The molecule has 0 saturated heterocycles. The summed E-state index contributed by atoms with van der Waals surface area (Å²) in [6, 6.07) is 0. The number of nitrogens with zero attached hydrogens (tertiary/aromatic N) is 2. The van der Waals surface area contributed by atoms with E-state index in [1.54, 1.807) is 0 Å². The summed E-state index contributed by atoms with van der Waals surface area (Å²) < 4.78 is 4.71. The fraction of sp³-hybridized carbons (Fsp3) is 0.857. The van der Waals surface area contributed by atoms with Crippen LogP contribution < -0.4 is 4.57 Å². The maximum atomic E-state index is 2.45. The first-order valence-electron chi connectivity index (χ1n) is 10.2. The Balaban J connectivity index is 1.96. The van der Waals surface area contributed by atoms with Gasteiger partial charge in [-0.15, -0.1) is 0 Å². The Morgan fingerprint density at radius 2 is 1.30 bits per heavy atom. The number of hydrogen-bond donors (Lipinski definition) is 0. The van der Waals surface area contributed by atoms with E-state index in [0.717, 1.165) is 0 Å². The third kappa shape index (κ3) is 8.58. The summed E-state index contributed by atoms with van der Waals surface area (Å²) in [5.74, 6) is 2.06. The van der Waals surface area contributed by atoms with Crippen LogP contribution in [0.3, 0.4) is 0 Å². The van der Waals surface area contributed by atoms with Gasteiger partial charge < -0.3 is 0 Å². The van der Waals surface area contributed by atoms with E-state index in [9.17, 15) is 0 Å². The second-order valence-electron chi connectivity index (χ2n) is 7.50. The number of unbranched alkanes of at least 4 members (excludes halogenated alkanes) is 11. The average Bonchev–Trinajstić information content (AvgIpc) is 2.89. The summed E-state index contributed by atoms with van der Waals surface area (Å²) in [5, 5.41) is 0. The van der Waals surface area contributed by atoms with Gasteiger partial charge in [-0.05, 0) is 12.8 Å². The molecule has 0 aliphatic carbocycles. The van der Waals surface area contributed by atoms with Crippen LogP contribution >= 0.6 is 0 Å². The van der Waals surface area contributed by atoms with E-state index < -0.39 is 0 Å². The van der Waals surface area contributed by atoms with Crippen molar-refractivity contribution in [1.29, 1.82) is 0 Å². The lowest BCUT2D eigenvalue weighted by Gasteiger charge is -2.06. The van der Waals surface area contributed by atoms with E-state index in [-0.39, 0.29) is 0 Å². The maximum absolute atomic E-state index is 2.45. The normalized spacial score (nSPS) is 11.5. The highest BCUT2D eigenvalue weighted by Gasteiger charge is 2.17. The van der Waals surface area contributed by atoms with Crippen LogP contribution in [0.15, 0.2) is 12.4 Å². The van der Waals surface area contributed by atoms with Crippen LogP contribution in [0.2, 0.25) is 0 Å². The Bertz CT molecular complexity index is 393. The van der Waals surface area contributed by atoms with Crippen molar-refractivity contribution >= 4 is 0 Å². The molecule has 1 aromatic heterocycles. The van der Waals surface area contributed by atoms with Gasteiger partial charge in [-0.2, -0.15) is 0 Å². The highest BCUT2D eigenvalue weighted by atomic mass is 15.1. The molecule has 1 rings (SSSR count). The lowest BCUT2D eigenvalue weighted by molar-refractivity contribution is -0.680. The molecule has 0 aliphatic heterocycles. The molecule has 0 radical (unpaired) electrons. The molecule has 1 heterocycles. The molecule has 0 N–H and O–H groups in total. The first kappa shape index (κ1) is 20.3. The highest BCUT2D eigenvalue weighted by molar-refractivity contribution is 4.89. The van der Waals surface area contributed by atoms with Crippen LogP contribution in [0.1, 0.15) is 110 Å². The van der Waals surface area contributed by atoms with E-state index >= 15 is 0 Å². The van der Waals surface area contributed by atoms with Crippen molar-refractivity contribution in [3.05, 3.63) is 18.2 Å². The van der Waals surface area contributed by atoms with Gasteiger partial charge in [-0.1, -0.05) is 85.0 Å². The van der Waals surface area contributed by atoms with Gasteiger partial charge in [0, 0.05) is 0 Å². The van der Waals surface area contributed by atoms with Gasteiger partial charge in [0.15, 0.2) is 0 Å². The van der Waals surface area contributed by atoms with Gasteiger partial charge >= 0.3 is 0 Å². The van der Waals surface area contributed by atoms with Crippen LogP contribution in [0.25, 0.3) is 0 Å². The smallest absolute Gasteiger partial charge is 0.237 e. The lowest BCUT2D eigenvalue weighted by atomic mass is 10.1. The molecule has 0 unspecified atom stereocenters. The molecule has 0 atom stereocenters. The molecule has 134 valence electrons. The Morgan fingerprint density at radius 3 is 1.78 bits per heavy atom.